The molecule has 2 aliphatic rings. The lowest BCUT2D eigenvalue weighted by Gasteiger charge is -2.47. The Hall–Kier alpha value is -2.14. The molecule has 1 aromatic carbocycles. The monoisotopic (exact) mass is 381 g/mol. The molecule has 4 rings (SSSR count). The second-order valence-electron chi connectivity index (χ2n) is 8.62. The second-order valence-corrected chi connectivity index (χ2v) is 8.62. The Morgan fingerprint density at radius 1 is 1.04 bits per heavy atom. The maximum absolute atomic E-state index is 12.7. The quantitative estimate of drug-likeness (QED) is 0.810. The van der Waals surface area contributed by atoms with Gasteiger partial charge in [0.05, 0.1) is 12.1 Å². The molecule has 0 saturated carbocycles. The van der Waals surface area contributed by atoms with Crippen molar-refractivity contribution in [2.75, 3.05) is 26.2 Å². The molecule has 2 aliphatic heterocycles. The van der Waals surface area contributed by atoms with Gasteiger partial charge in [0.1, 0.15) is 5.76 Å². The molecule has 1 aromatic heterocycles. The van der Waals surface area contributed by atoms with E-state index in [2.05, 4.69) is 40.4 Å². The number of likely N-dealkylation sites (tertiary alicyclic amines) is 2. The summed E-state index contributed by atoms with van der Waals surface area (Å²) in [4.78, 5) is 17.4. The van der Waals surface area contributed by atoms with E-state index in [1.54, 1.807) is 0 Å². The Morgan fingerprint density at radius 2 is 1.68 bits per heavy atom. The molecule has 1 amide bonds. The molecule has 0 N–H and O–H groups in total. The van der Waals surface area contributed by atoms with Gasteiger partial charge in [-0.15, -0.1) is 0 Å². The molecular weight excluding hydrogens is 350 g/mol. The maximum Gasteiger partial charge on any atom is 0.227 e. The van der Waals surface area contributed by atoms with Crippen molar-refractivity contribution in [1.29, 1.82) is 0 Å². The van der Waals surface area contributed by atoms with Crippen molar-refractivity contribution in [3.8, 4) is 0 Å². The molecule has 2 aromatic rings. The van der Waals surface area contributed by atoms with E-state index < -0.39 is 0 Å². The first-order valence-corrected chi connectivity index (χ1v) is 10.5. The van der Waals surface area contributed by atoms with Crippen molar-refractivity contribution in [3.63, 3.8) is 0 Å². The van der Waals surface area contributed by atoms with E-state index in [4.69, 9.17) is 4.52 Å². The largest absolute Gasteiger partial charge is 0.361 e. The van der Waals surface area contributed by atoms with E-state index in [1.807, 2.05) is 18.7 Å². The minimum Gasteiger partial charge on any atom is -0.361 e. The van der Waals surface area contributed by atoms with Crippen LogP contribution in [0.15, 0.2) is 34.9 Å². The van der Waals surface area contributed by atoms with Gasteiger partial charge in [0, 0.05) is 25.2 Å². The van der Waals surface area contributed by atoms with Gasteiger partial charge in [-0.1, -0.05) is 35.5 Å². The summed E-state index contributed by atoms with van der Waals surface area (Å²) in [5.74, 6) is 0.982. The van der Waals surface area contributed by atoms with Gasteiger partial charge in [0.2, 0.25) is 5.91 Å². The van der Waals surface area contributed by atoms with Crippen molar-refractivity contribution in [2.45, 2.75) is 52.5 Å². The van der Waals surface area contributed by atoms with Crippen LogP contribution >= 0.6 is 0 Å². The third-order valence-corrected chi connectivity index (χ3v) is 6.85. The Morgan fingerprint density at radius 3 is 2.29 bits per heavy atom. The lowest BCUT2D eigenvalue weighted by atomic mass is 9.71. The van der Waals surface area contributed by atoms with E-state index in [0.717, 1.165) is 49.5 Å². The van der Waals surface area contributed by atoms with Crippen LogP contribution in [0.2, 0.25) is 0 Å². The molecule has 28 heavy (non-hydrogen) atoms. The van der Waals surface area contributed by atoms with Crippen molar-refractivity contribution < 1.29 is 9.32 Å². The van der Waals surface area contributed by atoms with E-state index in [1.165, 1.54) is 31.5 Å². The van der Waals surface area contributed by atoms with E-state index >= 15 is 0 Å². The van der Waals surface area contributed by atoms with Crippen LogP contribution < -0.4 is 0 Å². The SMILES string of the molecule is Cc1noc(C)c1CC(=O)N1CCC2(CCN(Cc3ccccc3)CC2)CC1. The van der Waals surface area contributed by atoms with Crippen LogP contribution in [0.3, 0.4) is 0 Å². The van der Waals surface area contributed by atoms with Crippen molar-refractivity contribution in [1.82, 2.24) is 15.0 Å². The third-order valence-electron chi connectivity index (χ3n) is 6.85. The van der Waals surface area contributed by atoms with Crippen LogP contribution in [0, 0.1) is 19.3 Å². The molecule has 2 fully saturated rings. The van der Waals surface area contributed by atoms with Crippen LogP contribution in [0.1, 0.15) is 48.3 Å². The summed E-state index contributed by atoms with van der Waals surface area (Å²) in [5.41, 5.74) is 3.63. The van der Waals surface area contributed by atoms with Gasteiger partial charge in [0.15, 0.2) is 0 Å². The second kappa shape index (κ2) is 8.08. The molecule has 0 unspecified atom stereocenters. The van der Waals surface area contributed by atoms with Gasteiger partial charge in [-0.05, 0) is 63.6 Å². The van der Waals surface area contributed by atoms with Crippen LogP contribution in [0.4, 0.5) is 0 Å². The van der Waals surface area contributed by atoms with Crippen molar-refractivity contribution >= 4 is 5.91 Å². The van der Waals surface area contributed by atoms with Gasteiger partial charge in [-0.25, -0.2) is 0 Å². The number of rotatable bonds is 4. The molecule has 0 aliphatic carbocycles. The Balaban J connectivity index is 1.27. The maximum atomic E-state index is 12.7. The summed E-state index contributed by atoms with van der Waals surface area (Å²) in [6, 6.07) is 10.8. The fourth-order valence-corrected chi connectivity index (χ4v) is 4.77. The van der Waals surface area contributed by atoms with Crippen LogP contribution in [-0.2, 0) is 17.8 Å². The third kappa shape index (κ3) is 4.14. The molecule has 1 spiro atoms. The highest BCUT2D eigenvalue weighted by Gasteiger charge is 2.38. The molecule has 0 bridgehead atoms. The van der Waals surface area contributed by atoms with E-state index in [0.29, 0.717) is 11.8 Å². The number of hydrogen-bond acceptors (Lipinski definition) is 4. The van der Waals surface area contributed by atoms with Gasteiger partial charge < -0.3 is 9.42 Å². The average molecular weight is 382 g/mol. The number of nitrogens with zero attached hydrogens (tertiary/aromatic N) is 3. The first-order valence-electron chi connectivity index (χ1n) is 10.5. The molecule has 150 valence electrons. The summed E-state index contributed by atoms with van der Waals surface area (Å²) < 4.78 is 5.20. The van der Waals surface area contributed by atoms with Gasteiger partial charge in [-0.2, -0.15) is 0 Å². The van der Waals surface area contributed by atoms with Crippen molar-refractivity contribution in [2.24, 2.45) is 5.41 Å². The Labute approximate surface area is 167 Å². The van der Waals surface area contributed by atoms with Crippen molar-refractivity contribution in [3.05, 3.63) is 52.9 Å². The molecule has 5 nitrogen and oxygen atoms in total. The lowest BCUT2D eigenvalue weighted by Crippen LogP contribution is -2.48. The fraction of sp³-hybridized carbons (Fsp3) is 0.565. The number of carbonyl (C=O) groups is 1. The molecule has 3 heterocycles. The zero-order valence-corrected chi connectivity index (χ0v) is 17.1. The Bertz CT molecular complexity index is 777. The molecule has 5 heteroatoms. The standard InChI is InChI=1S/C23H31N3O2/c1-18-21(19(2)28-24-18)16-22(27)26-14-10-23(11-15-26)8-12-25(13-9-23)17-20-6-4-3-5-7-20/h3-7H,8-17H2,1-2H3. The number of aromatic nitrogens is 1. The summed E-state index contributed by atoms with van der Waals surface area (Å²) >= 11 is 0. The van der Waals surface area contributed by atoms with E-state index in [9.17, 15) is 4.79 Å². The molecule has 0 radical (unpaired) electrons. The first-order chi connectivity index (χ1) is 13.5. The zero-order valence-electron chi connectivity index (χ0n) is 17.1. The van der Waals surface area contributed by atoms with Crippen LogP contribution in [0.5, 0.6) is 0 Å². The summed E-state index contributed by atoms with van der Waals surface area (Å²) in [7, 11) is 0. The number of carbonyl (C=O) groups excluding carboxylic acids is 1. The normalized spacial score (nSPS) is 19.9. The number of amides is 1. The predicted molar refractivity (Wildman–Crippen MR) is 109 cm³/mol. The number of hydrogen-bond donors (Lipinski definition) is 0. The summed E-state index contributed by atoms with van der Waals surface area (Å²) in [5, 5.41) is 3.97. The average Bonchev–Trinajstić information content (AvgIpc) is 3.03. The molecular formula is C23H31N3O2. The predicted octanol–water partition coefficient (Wildman–Crippen LogP) is 3.74. The fourth-order valence-electron chi connectivity index (χ4n) is 4.77. The minimum absolute atomic E-state index is 0.214. The van der Waals surface area contributed by atoms with Crippen LogP contribution in [0.25, 0.3) is 0 Å². The summed E-state index contributed by atoms with van der Waals surface area (Å²) in [6.45, 7) is 8.97. The highest BCUT2D eigenvalue weighted by molar-refractivity contribution is 5.79. The number of aryl methyl sites for hydroxylation is 2. The van der Waals surface area contributed by atoms with E-state index in [-0.39, 0.29) is 5.91 Å². The summed E-state index contributed by atoms with van der Waals surface area (Å²) in [6.07, 6.45) is 5.20. The topological polar surface area (TPSA) is 49.6 Å². The van der Waals surface area contributed by atoms with Crippen LogP contribution in [-0.4, -0.2) is 47.0 Å². The lowest BCUT2D eigenvalue weighted by molar-refractivity contribution is -0.133. The zero-order chi connectivity index (χ0) is 19.6. The molecule has 2 saturated heterocycles. The molecule has 0 atom stereocenters. The smallest absolute Gasteiger partial charge is 0.227 e. The van der Waals surface area contributed by atoms with Gasteiger partial charge in [-0.3, -0.25) is 9.69 Å². The highest BCUT2D eigenvalue weighted by atomic mass is 16.5. The highest BCUT2D eigenvalue weighted by Crippen LogP contribution is 2.41. The number of piperidine rings is 2. The van der Waals surface area contributed by atoms with Gasteiger partial charge >= 0.3 is 0 Å². The van der Waals surface area contributed by atoms with Gasteiger partial charge in [0.25, 0.3) is 0 Å². The minimum atomic E-state index is 0.214. The Kier molecular flexibility index (Phi) is 5.54. The first kappa shape index (κ1) is 19.2. The number of benzene rings is 1.